The molecule has 0 atom stereocenters. The van der Waals surface area contributed by atoms with Crippen molar-refractivity contribution in [3.8, 4) is 0 Å². The molecular weight excluding hydrogens is 478 g/mol. The standard InChI is InChI=1S/C19H17Br2N3OS/c20-13-6-8-16-15(10-13)19(25)24(22-11-14-7-9-17(21)26-14)18(23-16)12-4-2-1-3-5-12/h6-12H,1-5H2. The van der Waals surface area contributed by atoms with Crippen LogP contribution in [0.1, 0.15) is 48.7 Å². The summed E-state index contributed by atoms with van der Waals surface area (Å²) in [5.41, 5.74) is 0.632. The highest BCUT2D eigenvalue weighted by Gasteiger charge is 2.22. The minimum absolute atomic E-state index is 0.108. The van der Waals surface area contributed by atoms with Crippen LogP contribution < -0.4 is 5.56 Å². The number of fused-ring (bicyclic) bond motifs is 1. The zero-order valence-corrected chi connectivity index (χ0v) is 18.0. The van der Waals surface area contributed by atoms with Crippen molar-refractivity contribution in [2.45, 2.75) is 38.0 Å². The molecule has 0 saturated heterocycles. The Kier molecular flexibility index (Phi) is 5.38. The molecule has 1 aliphatic rings. The third-order valence-corrected chi connectivity index (χ3v) is 6.75. The third kappa shape index (κ3) is 3.70. The van der Waals surface area contributed by atoms with Gasteiger partial charge in [-0.1, -0.05) is 35.2 Å². The van der Waals surface area contributed by atoms with E-state index in [9.17, 15) is 4.79 Å². The molecule has 1 aromatic carbocycles. The average molecular weight is 495 g/mol. The van der Waals surface area contributed by atoms with E-state index in [2.05, 4.69) is 37.0 Å². The Balaban J connectivity index is 1.87. The fraction of sp³-hybridized carbons (Fsp3) is 0.316. The summed E-state index contributed by atoms with van der Waals surface area (Å²) in [6.07, 6.45) is 7.49. The van der Waals surface area contributed by atoms with Crippen molar-refractivity contribution in [3.63, 3.8) is 0 Å². The smallest absolute Gasteiger partial charge is 0.267 e. The van der Waals surface area contributed by atoms with E-state index in [1.165, 1.54) is 23.9 Å². The van der Waals surface area contributed by atoms with Crippen LogP contribution in [0.2, 0.25) is 0 Å². The van der Waals surface area contributed by atoms with Crippen molar-refractivity contribution in [1.82, 2.24) is 9.66 Å². The van der Waals surface area contributed by atoms with Gasteiger partial charge >= 0.3 is 0 Å². The summed E-state index contributed by atoms with van der Waals surface area (Å²) in [5.74, 6) is 1.08. The molecule has 0 N–H and O–H groups in total. The molecule has 1 fully saturated rings. The molecule has 26 heavy (non-hydrogen) atoms. The number of benzene rings is 1. The first-order chi connectivity index (χ1) is 12.6. The zero-order chi connectivity index (χ0) is 18.1. The molecule has 4 nitrogen and oxygen atoms in total. The lowest BCUT2D eigenvalue weighted by Crippen LogP contribution is -2.25. The van der Waals surface area contributed by atoms with Crippen LogP contribution in [-0.4, -0.2) is 15.9 Å². The summed E-state index contributed by atoms with van der Waals surface area (Å²) in [7, 11) is 0. The van der Waals surface area contributed by atoms with Crippen LogP contribution in [0.15, 0.2) is 48.5 Å². The van der Waals surface area contributed by atoms with E-state index in [4.69, 9.17) is 4.98 Å². The minimum Gasteiger partial charge on any atom is -0.267 e. The Morgan fingerprint density at radius 2 is 1.96 bits per heavy atom. The second-order valence-electron chi connectivity index (χ2n) is 6.47. The molecule has 0 radical (unpaired) electrons. The van der Waals surface area contributed by atoms with Gasteiger partial charge in [-0.05, 0) is 59.1 Å². The van der Waals surface area contributed by atoms with Crippen LogP contribution in [0.25, 0.3) is 10.9 Å². The molecule has 0 spiro atoms. The Morgan fingerprint density at radius 3 is 2.69 bits per heavy atom. The molecule has 0 unspecified atom stereocenters. The predicted octanol–water partition coefficient (Wildman–Crippen LogP) is 5.91. The fourth-order valence-corrected chi connectivity index (χ4v) is 5.07. The molecule has 4 rings (SSSR count). The van der Waals surface area contributed by atoms with E-state index in [-0.39, 0.29) is 11.5 Å². The van der Waals surface area contributed by atoms with Gasteiger partial charge in [0.2, 0.25) is 0 Å². The SMILES string of the molecule is O=c1c2cc(Br)ccc2nc(C2CCCCC2)n1N=Cc1ccc(Br)s1. The number of halogens is 2. The van der Waals surface area contributed by atoms with Crippen LogP contribution in [0.3, 0.4) is 0 Å². The summed E-state index contributed by atoms with van der Waals surface area (Å²) < 4.78 is 3.42. The second-order valence-corrected chi connectivity index (χ2v) is 9.88. The minimum atomic E-state index is -0.108. The third-order valence-electron chi connectivity index (χ3n) is 4.70. The van der Waals surface area contributed by atoms with E-state index in [0.717, 1.165) is 37.3 Å². The average Bonchev–Trinajstić information content (AvgIpc) is 3.07. The maximum atomic E-state index is 13.2. The Labute approximate surface area is 172 Å². The normalized spacial score (nSPS) is 15.9. The lowest BCUT2D eigenvalue weighted by Gasteiger charge is -2.22. The van der Waals surface area contributed by atoms with Crippen LogP contribution in [0.4, 0.5) is 0 Å². The first kappa shape index (κ1) is 18.1. The van der Waals surface area contributed by atoms with Crippen molar-refractivity contribution in [2.75, 3.05) is 0 Å². The molecule has 134 valence electrons. The topological polar surface area (TPSA) is 47.2 Å². The zero-order valence-electron chi connectivity index (χ0n) is 14.0. The first-order valence-electron chi connectivity index (χ1n) is 8.64. The molecule has 0 amide bonds. The number of aromatic nitrogens is 2. The molecule has 0 bridgehead atoms. The number of hydrogen-bond acceptors (Lipinski definition) is 4. The molecule has 2 aromatic heterocycles. The summed E-state index contributed by atoms with van der Waals surface area (Å²) in [6, 6.07) is 9.61. The van der Waals surface area contributed by atoms with Crippen molar-refractivity contribution in [3.05, 3.63) is 59.6 Å². The van der Waals surface area contributed by atoms with Crippen LogP contribution >= 0.6 is 43.2 Å². The first-order valence-corrected chi connectivity index (χ1v) is 11.0. The van der Waals surface area contributed by atoms with Crippen molar-refractivity contribution in [1.29, 1.82) is 0 Å². The summed E-state index contributed by atoms with van der Waals surface area (Å²) in [5, 5.41) is 5.12. The van der Waals surface area contributed by atoms with Crippen LogP contribution in [-0.2, 0) is 0 Å². The predicted molar refractivity (Wildman–Crippen MR) is 115 cm³/mol. The van der Waals surface area contributed by atoms with E-state index < -0.39 is 0 Å². The monoisotopic (exact) mass is 493 g/mol. The molecule has 7 heteroatoms. The Hall–Kier alpha value is -1.31. The van der Waals surface area contributed by atoms with Gasteiger partial charge in [-0.3, -0.25) is 4.79 Å². The van der Waals surface area contributed by atoms with Gasteiger partial charge in [0.25, 0.3) is 5.56 Å². The van der Waals surface area contributed by atoms with Gasteiger partial charge in [0.1, 0.15) is 5.82 Å². The molecular formula is C19H17Br2N3OS. The Bertz CT molecular complexity index is 1030. The number of nitrogens with zero attached hydrogens (tertiary/aromatic N) is 3. The van der Waals surface area contributed by atoms with Crippen molar-refractivity contribution >= 4 is 60.3 Å². The van der Waals surface area contributed by atoms with Gasteiger partial charge in [-0.25, -0.2) is 4.98 Å². The lowest BCUT2D eigenvalue weighted by atomic mass is 9.88. The highest BCUT2D eigenvalue weighted by Crippen LogP contribution is 2.32. The van der Waals surface area contributed by atoms with Crippen molar-refractivity contribution < 1.29 is 0 Å². The molecule has 0 aliphatic heterocycles. The van der Waals surface area contributed by atoms with Gasteiger partial charge < -0.3 is 0 Å². The quantitative estimate of drug-likeness (QED) is 0.424. The van der Waals surface area contributed by atoms with E-state index in [0.29, 0.717) is 5.39 Å². The number of hydrogen-bond donors (Lipinski definition) is 0. The highest BCUT2D eigenvalue weighted by molar-refractivity contribution is 9.11. The van der Waals surface area contributed by atoms with Gasteiger partial charge in [0.05, 0.1) is 20.9 Å². The summed E-state index contributed by atoms with van der Waals surface area (Å²) in [6.45, 7) is 0. The molecule has 1 aliphatic carbocycles. The van der Waals surface area contributed by atoms with Crippen LogP contribution in [0, 0.1) is 0 Å². The van der Waals surface area contributed by atoms with Gasteiger partial charge in [0.15, 0.2) is 0 Å². The highest BCUT2D eigenvalue weighted by atomic mass is 79.9. The Morgan fingerprint density at radius 1 is 1.15 bits per heavy atom. The second kappa shape index (κ2) is 7.74. The molecule has 3 aromatic rings. The molecule has 1 saturated carbocycles. The van der Waals surface area contributed by atoms with Gasteiger partial charge in [-0.15, -0.1) is 11.3 Å². The van der Waals surface area contributed by atoms with Crippen LogP contribution in [0.5, 0.6) is 0 Å². The van der Waals surface area contributed by atoms with E-state index >= 15 is 0 Å². The molecule has 2 heterocycles. The fourth-order valence-electron chi connectivity index (χ4n) is 3.41. The summed E-state index contributed by atoms with van der Waals surface area (Å²) in [4.78, 5) is 19.0. The van der Waals surface area contributed by atoms with E-state index in [1.807, 2.05) is 30.3 Å². The maximum Gasteiger partial charge on any atom is 0.282 e. The van der Waals surface area contributed by atoms with Gasteiger partial charge in [-0.2, -0.15) is 9.78 Å². The largest absolute Gasteiger partial charge is 0.282 e. The maximum absolute atomic E-state index is 13.2. The summed E-state index contributed by atoms with van der Waals surface area (Å²) >= 11 is 8.49. The number of rotatable bonds is 3. The number of thiophene rings is 1. The van der Waals surface area contributed by atoms with Gasteiger partial charge in [0, 0.05) is 15.3 Å². The lowest BCUT2D eigenvalue weighted by molar-refractivity contribution is 0.416. The van der Waals surface area contributed by atoms with E-state index in [1.54, 1.807) is 17.6 Å². The van der Waals surface area contributed by atoms with Crippen molar-refractivity contribution in [2.24, 2.45) is 5.10 Å².